The van der Waals surface area contributed by atoms with Gasteiger partial charge in [0.25, 0.3) is 0 Å². The van der Waals surface area contributed by atoms with Gasteiger partial charge in [0.1, 0.15) is 0 Å². The quantitative estimate of drug-likeness (QED) is 0.854. The molecule has 1 heterocycles. The van der Waals surface area contributed by atoms with Crippen molar-refractivity contribution in [3.8, 4) is 0 Å². The molecule has 5 aliphatic carbocycles. The Morgan fingerprint density at radius 2 is 1.57 bits per heavy atom. The van der Waals surface area contributed by atoms with Gasteiger partial charge in [-0.2, -0.15) is 0 Å². The number of rotatable bonds is 3. The van der Waals surface area contributed by atoms with Gasteiger partial charge in [0.2, 0.25) is 0 Å². The van der Waals surface area contributed by atoms with Gasteiger partial charge < -0.3 is 5.32 Å². The molecule has 0 spiro atoms. The van der Waals surface area contributed by atoms with Crippen LogP contribution in [0.3, 0.4) is 0 Å². The van der Waals surface area contributed by atoms with Crippen LogP contribution in [-0.2, 0) is 0 Å². The number of likely N-dealkylation sites (tertiary alicyclic amines) is 1. The zero-order chi connectivity index (χ0) is 14.3. The third-order valence-electron chi connectivity index (χ3n) is 7.50. The lowest BCUT2D eigenvalue weighted by atomic mass is 9.42. The largest absolute Gasteiger partial charge is 0.310 e. The van der Waals surface area contributed by atoms with Gasteiger partial charge in [0.05, 0.1) is 0 Å². The highest BCUT2D eigenvalue weighted by Crippen LogP contribution is 2.67. The Bertz CT molecular complexity index is 436. The fourth-order valence-corrected chi connectivity index (χ4v) is 7.65. The molecule has 21 heavy (non-hydrogen) atoms. The van der Waals surface area contributed by atoms with Crippen molar-refractivity contribution < 1.29 is 0 Å². The number of hydrogen-bond acceptors (Lipinski definition) is 2. The van der Waals surface area contributed by atoms with E-state index < -0.39 is 0 Å². The van der Waals surface area contributed by atoms with Crippen molar-refractivity contribution in [3.05, 3.63) is 0 Å². The van der Waals surface area contributed by atoms with E-state index in [9.17, 15) is 0 Å². The van der Waals surface area contributed by atoms with Crippen LogP contribution in [0.15, 0.2) is 0 Å². The lowest BCUT2D eigenvalue weighted by molar-refractivity contribution is -0.157. The van der Waals surface area contributed by atoms with Crippen molar-refractivity contribution >= 4 is 0 Å². The average molecular weight is 288 g/mol. The summed E-state index contributed by atoms with van der Waals surface area (Å²) in [7, 11) is 0. The van der Waals surface area contributed by atoms with E-state index in [1.54, 1.807) is 0 Å². The van der Waals surface area contributed by atoms with Gasteiger partial charge in [-0.05, 0) is 74.5 Å². The highest BCUT2D eigenvalue weighted by atomic mass is 15.3. The summed E-state index contributed by atoms with van der Waals surface area (Å²) in [4.78, 5) is 2.95. The zero-order valence-corrected chi connectivity index (χ0v) is 14.0. The Morgan fingerprint density at radius 1 is 0.857 bits per heavy atom. The molecule has 3 atom stereocenters. The fraction of sp³-hybridized carbons (Fsp3) is 1.00. The van der Waals surface area contributed by atoms with E-state index in [2.05, 4.69) is 24.1 Å². The van der Waals surface area contributed by atoms with Gasteiger partial charge in [0.15, 0.2) is 0 Å². The van der Waals surface area contributed by atoms with Gasteiger partial charge in [-0.25, -0.2) is 0 Å². The van der Waals surface area contributed by atoms with E-state index in [4.69, 9.17) is 0 Å². The summed E-state index contributed by atoms with van der Waals surface area (Å²) < 4.78 is 0. The zero-order valence-electron chi connectivity index (χ0n) is 14.0. The molecule has 0 aromatic heterocycles. The maximum Gasteiger partial charge on any atom is 0.0223 e. The standard InChI is InChI=1S/C19H32N2/c1-17-7-14-8-18(2,11-17)13-19(9-14,12-17)21-6-5-16(10-21)20-15-3-4-15/h14-16,20H,3-13H2,1-2H3. The van der Waals surface area contributed by atoms with Crippen molar-refractivity contribution in [3.63, 3.8) is 0 Å². The summed E-state index contributed by atoms with van der Waals surface area (Å²) >= 11 is 0. The predicted octanol–water partition coefficient (Wildman–Crippen LogP) is 3.56. The SMILES string of the molecule is CC12CC3CC(C)(C1)CC(N1CCC(NC4CC4)C1)(C3)C2. The number of nitrogens with zero attached hydrogens (tertiary/aromatic N) is 1. The van der Waals surface area contributed by atoms with Gasteiger partial charge in [-0.1, -0.05) is 13.8 Å². The Balaban J connectivity index is 1.38. The lowest BCUT2D eigenvalue weighted by Crippen LogP contribution is -2.65. The fourth-order valence-electron chi connectivity index (χ4n) is 7.65. The minimum Gasteiger partial charge on any atom is -0.310 e. The van der Waals surface area contributed by atoms with E-state index in [1.165, 1.54) is 70.9 Å². The van der Waals surface area contributed by atoms with E-state index in [0.717, 1.165) is 18.0 Å². The van der Waals surface area contributed by atoms with Crippen LogP contribution >= 0.6 is 0 Å². The summed E-state index contributed by atoms with van der Waals surface area (Å²) in [5, 5.41) is 3.89. The molecule has 0 radical (unpaired) electrons. The summed E-state index contributed by atoms with van der Waals surface area (Å²) in [6.45, 7) is 7.93. The van der Waals surface area contributed by atoms with Crippen molar-refractivity contribution in [2.75, 3.05) is 13.1 Å². The number of nitrogens with one attached hydrogen (secondary N) is 1. The molecular weight excluding hydrogens is 256 g/mol. The van der Waals surface area contributed by atoms with Crippen molar-refractivity contribution in [1.82, 2.24) is 10.2 Å². The highest BCUT2D eigenvalue weighted by Gasteiger charge is 2.62. The molecule has 2 nitrogen and oxygen atoms in total. The molecule has 6 fully saturated rings. The Kier molecular flexibility index (Phi) is 2.58. The molecule has 0 amide bonds. The van der Waals surface area contributed by atoms with Crippen LogP contribution in [0.25, 0.3) is 0 Å². The molecule has 1 saturated heterocycles. The van der Waals surface area contributed by atoms with Crippen LogP contribution in [0.2, 0.25) is 0 Å². The Hall–Kier alpha value is -0.0800. The predicted molar refractivity (Wildman–Crippen MR) is 86.3 cm³/mol. The van der Waals surface area contributed by atoms with Crippen LogP contribution in [0.1, 0.15) is 71.6 Å². The maximum absolute atomic E-state index is 3.89. The van der Waals surface area contributed by atoms with Crippen molar-refractivity contribution in [2.45, 2.75) is 89.3 Å². The molecule has 118 valence electrons. The Morgan fingerprint density at radius 3 is 2.19 bits per heavy atom. The van der Waals surface area contributed by atoms with E-state index in [0.29, 0.717) is 16.4 Å². The second-order valence-corrected chi connectivity index (χ2v) is 10.2. The highest BCUT2D eigenvalue weighted by molar-refractivity contribution is 5.16. The lowest BCUT2D eigenvalue weighted by Gasteiger charge is -2.67. The first kappa shape index (κ1) is 13.4. The van der Waals surface area contributed by atoms with Crippen LogP contribution in [0.4, 0.5) is 0 Å². The topological polar surface area (TPSA) is 15.3 Å². The summed E-state index contributed by atoms with van der Waals surface area (Å²) in [6.07, 6.45) is 13.4. The smallest absolute Gasteiger partial charge is 0.0223 e. The third kappa shape index (κ3) is 2.12. The molecular formula is C19H32N2. The first-order valence-corrected chi connectivity index (χ1v) is 9.47. The molecule has 0 aromatic rings. The molecule has 6 rings (SSSR count). The second-order valence-electron chi connectivity index (χ2n) is 10.2. The van der Waals surface area contributed by atoms with Crippen molar-refractivity contribution in [1.29, 1.82) is 0 Å². The van der Waals surface area contributed by atoms with Crippen LogP contribution < -0.4 is 5.32 Å². The number of hydrogen-bond donors (Lipinski definition) is 1. The van der Waals surface area contributed by atoms with Gasteiger partial charge >= 0.3 is 0 Å². The summed E-state index contributed by atoms with van der Waals surface area (Å²) in [5.74, 6) is 1.03. The maximum atomic E-state index is 3.89. The minimum absolute atomic E-state index is 0.586. The van der Waals surface area contributed by atoms with Gasteiger partial charge in [-0.3, -0.25) is 4.90 Å². The monoisotopic (exact) mass is 288 g/mol. The summed E-state index contributed by atoms with van der Waals surface area (Å²) in [6, 6.07) is 1.67. The molecule has 5 saturated carbocycles. The molecule has 1 N–H and O–H groups in total. The molecule has 4 bridgehead atoms. The third-order valence-corrected chi connectivity index (χ3v) is 7.50. The molecule has 2 heteroatoms. The molecule has 1 aliphatic heterocycles. The normalized spacial score (nSPS) is 56.3. The van der Waals surface area contributed by atoms with Crippen LogP contribution in [0.5, 0.6) is 0 Å². The van der Waals surface area contributed by atoms with Crippen LogP contribution in [-0.4, -0.2) is 35.6 Å². The van der Waals surface area contributed by atoms with E-state index in [-0.39, 0.29) is 0 Å². The minimum atomic E-state index is 0.586. The van der Waals surface area contributed by atoms with Gasteiger partial charge in [-0.15, -0.1) is 0 Å². The Labute approximate surface area is 130 Å². The van der Waals surface area contributed by atoms with Gasteiger partial charge in [0, 0.05) is 30.7 Å². The average Bonchev–Trinajstić information content (AvgIpc) is 2.99. The first-order valence-electron chi connectivity index (χ1n) is 9.47. The molecule has 6 aliphatic rings. The molecule has 3 unspecified atom stereocenters. The van der Waals surface area contributed by atoms with E-state index in [1.807, 2.05) is 0 Å². The van der Waals surface area contributed by atoms with E-state index >= 15 is 0 Å². The van der Waals surface area contributed by atoms with Crippen molar-refractivity contribution in [2.24, 2.45) is 16.7 Å². The van der Waals surface area contributed by atoms with Crippen LogP contribution in [0, 0.1) is 16.7 Å². The summed E-state index contributed by atoms with van der Waals surface area (Å²) in [5.41, 5.74) is 1.91. The second kappa shape index (κ2) is 4.06. The first-order chi connectivity index (χ1) is 9.96. The molecule has 0 aromatic carbocycles.